The third-order valence-corrected chi connectivity index (χ3v) is 8.06. The van der Waals surface area contributed by atoms with Gasteiger partial charge in [0.1, 0.15) is 11.2 Å². The zero-order chi connectivity index (χ0) is 29.1. The monoisotopic (exact) mass is 559 g/mol. The topological polar surface area (TPSA) is 78.7 Å². The Morgan fingerprint density at radius 1 is 0.535 bits per heavy atom. The normalized spacial score (nSPS) is 11.6. The van der Waals surface area contributed by atoms with E-state index in [1.165, 1.54) is 0 Å². The molecule has 8 rings (SSSR count). The number of rotatable bonds is 4. The maximum Gasteiger partial charge on any atom is 0.328 e. The van der Waals surface area contributed by atoms with Crippen molar-refractivity contribution in [2.45, 2.75) is 0 Å². The number of fused-ring (bicyclic) bond motifs is 4. The van der Waals surface area contributed by atoms with Crippen LogP contribution in [0, 0.1) is 0 Å². The minimum atomic E-state index is -0.0403. The Hall–Kier alpha value is -5.82. The number of nitrogens with zero attached hydrogens (tertiary/aromatic N) is 5. The average molecular weight is 560 g/mol. The van der Waals surface area contributed by atoms with Crippen molar-refractivity contribution in [1.82, 2.24) is 24.1 Å². The van der Waals surface area contributed by atoms with Gasteiger partial charge in [-0.3, -0.25) is 9.13 Å². The molecule has 0 amide bonds. The van der Waals surface area contributed by atoms with Crippen molar-refractivity contribution in [2.75, 3.05) is 0 Å². The van der Waals surface area contributed by atoms with Gasteiger partial charge in [-0.25, -0.2) is 19.7 Å². The second kappa shape index (κ2) is 9.63. The Labute approximate surface area is 246 Å². The zero-order valence-corrected chi connectivity index (χ0v) is 23.5. The number of benzene rings is 5. The first-order chi connectivity index (χ1) is 21.0. The quantitative estimate of drug-likeness (QED) is 0.222. The predicted molar refractivity (Wildman–Crippen MR) is 171 cm³/mol. The molecule has 3 aromatic heterocycles. The smallest absolute Gasteiger partial charge is 0.328 e. The summed E-state index contributed by atoms with van der Waals surface area (Å²) in [6.45, 7) is 0. The third-order valence-electron chi connectivity index (χ3n) is 8.06. The van der Waals surface area contributed by atoms with Gasteiger partial charge in [-0.15, -0.1) is 0 Å². The van der Waals surface area contributed by atoms with Gasteiger partial charge in [0.2, 0.25) is 0 Å². The molecule has 0 fully saturated rings. The Morgan fingerprint density at radius 2 is 1.14 bits per heavy atom. The average Bonchev–Trinajstić information content (AvgIpc) is 3.55. The lowest BCUT2D eigenvalue weighted by atomic mass is 10.0. The lowest BCUT2D eigenvalue weighted by Gasteiger charge is -2.10. The van der Waals surface area contributed by atoms with Crippen LogP contribution < -0.4 is 5.69 Å². The summed E-state index contributed by atoms with van der Waals surface area (Å²) in [6, 6.07) is 38.2. The molecule has 0 aliphatic rings. The molecule has 7 nitrogen and oxygen atoms in total. The van der Waals surface area contributed by atoms with Crippen molar-refractivity contribution in [3.05, 3.63) is 126 Å². The molecule has 0 saturated heterocycles. The van der Waals surface area contributed by atoms with Crippen molar-refractivity contribution in [3.8, 4) is 45.3 Å². The van der Waals surface area contributed by atoms with E-state index in [1.807, 2.05) is 91.0 Å². The number of furan rings is 1. The summed E-state index contributed by atoms with van der Waals surface area (Å²) in [5, 5.41) is 2.00. The van der Waals surface area contributed by atoms with E-state index < -0.39 is 0 Å². The number of imidazole rings is 1. The molecule has 5 aromatic carbocycles. The van der Waals surface area contributed by atoms with E-state index >= 15 is 0 Å². The van der Waals surface area contributed by atoms with E-state index in [4.69, 9.17) is 19.4 Å². The molecule has 0 spiro atoms. The largest absolute Gasteiger partial charge is 0.456 e. The van der Waals surface area contributed by atoms with E-state index in [0.29, 0.717) is 17.5 Å². The Balaban J connectivity index is 1.27. The standard InChI is InChI=1S/C36H25N5O2/c1-40-28-20-19-25(21-29(28)41(2)36(40)42)22-15-17-24(18-16-22)34-37-33(23-9-4-3-5-10-23)38-35(39-34)27-12-8-14-31-32(27)26-11-6-7-13-30(26)43-31/h3-21H,1-2H3. The van der Waals surface area contributed by atoms with Crippen molar-refractivity contribution >= 4 is 33.0 Å². The first kappa shape index (κ1) is 24.9. The van der Waals surface area contributed by atoms with Crippen LogP contribution in [-0.2, 0) is 14.1 Å². The van der Waals surface area contributed by atoms with Crippen LogP contribution in [0.15, 0.2) is 124 Å². The number of para-hydroxylation sites is 1. The minimum absolute atomic E-state index is 0.0403. The van der Waals surface area contributed by atoms with Crippen LogP contribution >= 0.6 is 0 Å². The van der Waals surface area contributed by atoms with Gasteiger partial charge in [0.25, 0.3) is 0 Å². The fraction of sp³-hybridized carbons (Fsp3) is 0.0556. The first-order valence-electron chi connectivity index (χ1n) is 14.0. The van der Waals surface area contributed by atoms with Gasteiger partial charge in [-0.1, -0.05) is 91.0 Å². The molecule has 0 N–H and O–H groups in total. The summed E-state index contributed by atoms with van der Waals surface area (Å²) in [6.07, 6.45) is 0. The van der Waals surface area contributed by atoms with Crippen LogP contribution in [0.25, 0.3) is 78.3 Å². The second-order valence-corrected chi connectivity index (χ2v) is 10.6. The molecule has 0 bridgehead atoms. The van der Waals surface area contributed by atoms with E-state index in [1.54, 1.807) is 23.2 Å². The van der Waals surface area contributed by atoms with Crippen molar-refractivity contribution in [1.29, 1.82) is 0 Å². The Morgan fingerprint density at radius 3 is 1.93 bits per heavy atom. The number of aromatic nitrogens is 5. The fourth-order valence-electron chi connectivity index (χ4n) is 5.80. The Bertz CT molecular complexity index is 2380. The summed E-state index contributed by atoms with van der Waals surface area (Å²) >= 11 is 0. The zero-order valence-electron chi connectivity index (χ0n) is 23.5. The molecule has 0 unspecified atom stereocenters. The molecule has 0 aliphatic carbocycles. The molecule has 8 aromatic rings. The van der Waals surface area contributed by atoms with Crippen LogP contribution in [0.5, 0.6) is 0 Å². The van der Waals surface area contributed by atoms with Crippen LogP contribution in [0.3, 0.4) is 0 Å². The van der Waals surface area contributed by atoms with Crippen LogP contribution in [-0.4, -0.2) is 24.1 Å². The molecule has 0 saturated carbocycles. The second-order valence-electron chi connectivity index (χ2n) is 10.6. The fourth-order valence-corrected chi connectivity index (χ4v) is 5.80. The highest BCUT2D eigenvalue weighted by Crippen LogP contribution is 2.36. The SMILES string of the molecule is Cn1c(=O)n(C)c2cc(-c3ccc(-c4nc(-c5ccccc5)nc(-c5cccc6oc7ccccc7c56)n4)cc3)ccc21. The Kier molecular flexibility index (Phi) is 5.59. The third kappa shape index (κ3) is 4.05. The molecule has 3 heterocycles. The van der Waals surface area contributed by atoms with Crippen LogP contribution in [0.4, 0.5) is 0 Å². The summed E-state index contributed by atoms with van der Waals surface area (Å²) < 4.78 is 9.49. The van der Waals surface area contributed by atoms with E-state index in [0.717, 1.165) is 60.8 Å². The molecule has 206 valence electrons. The van der Waals surface area contributed by atoms with E-state index in [2.05, 4.69) is 24.3 Å². The highest BCUT2D eigenvalue weighted by atomic mass is 16.3. The first-order valence-corrected chi connectivity index (χ1v) is 14.0. The van der Waals surface area contributed by atoms with E-state index in [9.17, 15) is 4.79 Å². The van der Waals surface area contributed by atoms with Crippen LogP contribution in [0.2, 0.25) is 0 Å². The van der Waals surface area contributed by atoms with Gasteiger partial charge in [0.05, 0.1) is 11.0 Å². The van der Waals surface area contributed by atoms with Gasteiger partial charge < -0.3 is 4.42 Å². The van der Waals surface area contributed by atoms with Crippen molar-refractivity contribution < 1.29 is 4.42 Å². The molecule has 0 atom stereocenters. The van der Waals surface area contributed by atoms with Gasteiger partial charge in [-0.2, -0.15) is 0 Å². The minimum Gasteiger partial charge on any atom is -0.456 e. The van der Waals surface area contributed by atoms with Gasteiger partial charge in [0, 0.05) is 41.6 Å². The van der Waals surface area contributed by atoms with Crippen LogP contribution in [0.1, 0.15) is 0 Å². The summed E-state index contributed by atoms with van der Waals surface area (Å²) in [7, 11) is 3.59. The molecule has 0 aliphatic heterocycles. The van der Waals surface area contributed by atoms with Gasteiger partial charge >= 0.3 is 5.69 Å². The maximum atomic E-state index is 12.4. The summed E-state index contributed by atoms with van der Waals surface area (Å²) in [5.41, 5.74) is 8.12. The summed E-state index contributed by atoms with van der Waals surface area (Å²) in [4.78, 5) is 27.3. The van der Waals surface area contributed by atoms with Crippen molar-refractivity contribution in [3.63, 3.8) is 0 Å². The van der Waals surface area contributed by atoms with Gasteiger partial charge in [-0.05, 0) is 35.4 Å². The molecule has 0 radical (unpaired) electrons. The number of hydrogen-bond acceptors (Lipinski definition) is 5. The van der Waals surface area contributed by atoms with E-state index in [-0.39, 0.29) is 5.69 Å². The lowest BCUT2D eigenvalue weighted by Crippen LogP contribution is -2.19. The number of hydrogen-bond donors (Lipinski definition) is 0. The molecular formula is C36H25N5O2. The molecular weight excluding hydrogens is 534 g/mol. The molecule has 7 heteroatoms. The summed E-state index contributed by atoms with van der Waals surface area (Å²) in [5.74, 6) is 1.77. The van der Waals surface area contributed by atoms with Gasteiger partial charge in [0.15, 0.2) is 17.5 Å². The highest BCUT2D eigenvalue weighted by molar-refractivity contribution is 6.11. The lowest BCUT2D eigenvalue weighted by molar-refractivity contribution is 0.669. The maximum absolute atomic E-state index is 12.4. The number of aryl methyl sites for hydroxylation is 2. The van der Waals surface area contributed by atoms with Crippen molar-refractivity contribution in [2.24, 2.45) is 14.1 Å². The highest BCUT2D eigenvalue weighted by Gasteiger charge is 2.18. The molecule has 43 heavy (non-hydrogen) atoms. The predicted octanol–water partition coefficient (Wildman–Crippen LogP) is 7.63.